The highest BCUT2D eigenvalue weighted by Gasteiger charge is 2.38. The second kappa shape index (κ2) is 6.07. The zero-order valence-electron chi connectivity index (χ0n) is 10.9. The van der Waals surface area contributed by atoms with Gasteiger partial charge in [0.1, 0.15) is 0 Å². The third-order valence-electron chi connectivity index (χ3n) is 4.13. The lowest BCUT2D eigenvalue weighted by Gasteiger charge is -2.40. The zero-order valence-corrected chi connectivity index (χ0v) is 10.9. The van der Waals surface area contributed by atoms with Gasteiger partial charge in [0, 0.05) is 12.3 Å². The molecule has 1 aromatic carbocycles. The Morgan fingerprint density at radius 1 is 1.28 bits per heavy atom. The predicted molar refractivity (Wildman–Crippen MR) is 75.3 cm³/mol. The Morgan fingerprint density at radius 3 is 2.78 bits per heavy atom. The number of hydrogen-bond donors (Lipinski definition) is 1. The third-order valence-corrected chi connectivity index (χ3v) is 4.13. The number of aliphatic hydroxyl groups is 1. The van der Waals surface area contributed by atoms with Crippen LogP contribution < -0.4 is 0 Å². The first-order valence-corrected chi connectivity index (χ1v) is 6.97. The first-order chi connectivity index (χ1) is 8.76. The molecule has 2 rings (SSSR count). The second-order valence-electron chi connectivity index (χ2n) is 5.37. The molecule has 0 heterocycles. The van der Waals surface area contributed by atoms with E-state index in [1.54, 1.807) is 0 Å². The van der Waals surface area contributed by atoms with Gasteiger partial charge in [0.25, 0.3) is 0 Å². The Kier molecular flexibility index (Phi) is 4.44. The summed E-state index contributed by atoms with van der Waals surface area (Å²) in [6, 6.07) is 10.4. The van der Waals surface area contributed by atoms with Crippen LogP contribution in [-0.2, 0) is 0 Å². The fourth-order valence-electron chi connectivity index (χ4n) is 3.18. The molecule has 0 aliphatic heterocycles. The summed E-state index contributed by atoms with van der Waals surface area (Å²) in [5.74, 6) is 2.95. The second-order valence-corrected chi connectivity index (χ2v) is 5.37. The highest BCUT2D eigenvalue weighted by Crippen LogP contribution is 2.43. The smallest absolute Gasteiger partial charge is 0.0716 e. The lowest BCUT2D eigenvalue weighted by Crippen LogP contribution is -2.39. The van der Waals surface area contributed by atoms with Gasteiger partial charge >= 0.3 is 0 Å². The summed E-state index contributed by atoms with van der Waals surface area (Å²) >= 11 is 0. The summed E-state index contributed by atoms with van der Waals surface area (Å²) in [5.41, 5.74) is 0.733. The zero-order chi connectivity index (χ0) is 12.8. The van der Waals surface area contributed by atoms with E-state index in [0.717, 1.165) is 38.5 Å². The van der Waals surface area contributed by atoms with Crippen molar-refractivity contribution in [2.45, 2.75) is 56.5 Å². The molecule has 0 spiro atoms. The molecule has 0 bridgehead atoms. The van der Waals surface area contributed by atoms with Crippen molar-refractivity contribution in [1.29, 1.82) is 0 Å². The van der Waals surface area contributed by atoms with Crippen molar-refractivity contribution >= 4 is 0 Å². The van der Waals surface area contributed by atoms with Gasteiger partial charge in [-0.05, 0) is 31.2 Å². The van der Waals surface area contributed by atoms with Crippen LogP contribution >= 0.6 is 0 Å². The van der Waals surface area contributed by atoms with E-state index in [1.807, 2.05) is 6.07 Å². The van der Waals surface area contributed by atoms with Gasteiger partial charge in [0.2, 0.25) is 0 Å². The molecule has 1 aliphatic carbocycles. The number of hydrogen-bond acceptors (Lipinski definition) is 1. The van der Waals surface area contributed by atoms with Crippen molar-refractivity contribution < 1.29 is 5.11 Å². The Labute approximate surface area is 110 Å². The minimum atomic E-state index is -0.545. The van der Waals surface area contributed by atoms with Crippen LogP contribution in [0.25, 0.3) is 0 Å². The molecule has 1 aromatic rings. The van der Waals surface area contributed by atoms with Crippen LogP contribution in [0.15, 0.2) is 30.3 Å². The van der Waals surface area contributed by atoms with Crippen molar-refractivity contribution in [3.05, 3.63) is 35.9 Å². The SMILES string of the molecule is C#CCCCC1(O)CCCCC1c1ccccc1. The van der Waals surface area contributed by atoms with E-state index in [1.165, 1.54) is 12.0 Å². The number of terminal acetylenes is 1. The molecular formula is C17H22O. The Bertz CT molecular complexity index is 403. The quantitative estimate of drug-likeness (QED) is 0.627. The number of unbranched alkanes of at least 4 members (excludes halogenated alkanes) is 1. The molecule has 0 aromatic heterocycles. The molecule has 2 atom stereocenters. The largest absolute Gasteiger partial charge is 0.389 e. The molecular weight excluding hydrogens is 220 g/mol. The fraction of sp³-hybridized carbons (Fsp3) is 0.529. The Morgan fingerprint density at radius 2 is 2.06 bits per heavy atom. The summed E-state index contributed by atoms with van der Waals surface area (Å²) in [4.78, 5) is 0. The van der Waals surface area contributed by atoms with E-state index < -0.39 is 5.60 Å². The maximum atomic E-state index is 10.9. The molecule has 18 heavy (non-hydrogen) atoms. The van der Waals surface area contributed by atoms with Crippen LogP contribution in [0.1, 0.15) is 56.4 Å². The van der Waals surface area contributed by atoms with E-state index >= 15 is 0 Å². The lowest BCUT2D eigenvalue weighted by atomic mass is 9.70. The molecule has 1 fully saturated rings. The summed E-state index contributed by atoms with van der Waals surface area (Å²) in [6.07, 6.45) is 12.2. The molecule has 2 unspecified atom stereocenters. The maximum Gasteiger partial charge on any atom is 0.0716 e. The highest BCUT2D eigenvalue weighted by atomic mass is 16.3. The van der Waals surface area contributed by atoms with Crippen molar-refractivity contribution in [2.75, 3.05) is 0 Å². The lowest BCUT2D eigenvalue weighted by molar-refractivity contribution is -0.0256. The van der Waals surface area contributed by atoms with Crippen molar-refractivity contribution in [2.24, 2.45) is 0 Å². The average molecular weight is 242 g/mol. The number of benzene rings is 1. The van der Waals surface area contributed by atoms with Crippen LogP contribution in [0.3, 0.4) is 0 Å². The van der Waals surface area contributed by atoms with Crippen molar-refractivity contribution in [3.63, 3.8) is 0 Å². The molecule has 1 N–H and O–H groups in total. The van der Waals surface area contributed by atoms with E-state index in [4.69, 9.17) is 6.42 Å². The van der Waals surface area contributed by atoms with E-state index in [0.29, 0.717) is 0 Å². The monoisotopic (exact) mass is 242 g/mol. The van der Waals surface area contributed by atoms with Gasteiger partial charge in [0.05, 0.1) is 5.60 Å². The normalized spacial score (nSPS) is 27.7. The van der Waals surface area contributed by atoms with Gasteiger partial charge in [-0.3, -0.25) is 0 Å². The molecule has 1 heteroatoms. The van der Waals surface area contributed by atoms with Gasteiger partial charge in [0.15, 0.2) is 0 Å². The first-order valence-electron chi connectivity index (χ1n) is 6.97. The Hall–Kier alpha value is -1.26. The van der Waals surface area contributed by atoms with Crippen LogP contribution in [-0.4, -0.2) is 10.7 Å². The van der Waals surface area contributed by atoms with Gasteiger partial charge in [-0.1, -0.05) is 43.2 Å². The Balaban J connectivity index is 2.13. The van der Waals surface area contributed by atoms with Crippen LogP contribution in [0, 0.1) is 12.3 Å². The van der Waals surface area contributed by atoms with Gasteiger partial charge < -0.3 is 5.11 Å². The minimum absolute atomic E-state index is 0.283. The summed E-state index contributed by atoms with van der Waals surface area (Å²) in [5, 5.41) is 10.9. The van der Waals surface area contributed by atoms with Crippen molar-refractivity contribution in [1.82, 2.24) is 0 Å². The summed E-state index contributed by atoms with van der Waals surface area (Å²) in [6.45, 7) is 0. The molecule has 1 nitrogen and oxygen atoms in total. The molecule has 0 saturated heterocycles. The van der Waals surface area contributed by atoms with E-state index in [-0.39, 0.29) is 5.92 Å². The molecule has 0 radical (unpaired) electrons. The van der Waals surface area contributed by atoms with Crippen molar-refractivity contribution in [3.8, 4) is 12.3 Å². The minimum Gasteiger partial charge on any atom is -0.389 e. The fourth-order valence-corrected chi connectivity index (χ4v) is 3.18. The molecule has 1 saturated carbocycles. The predicted octanol–water partition coefficient (Wildman–Crippen LogP) is 3.88. The molecule has 1 aliphatic rings. The van der Waals surface area contributed by atoms with E-state index in [9.17, 15) is 5.11 Å². The summed E-state index contributed by atoms with van der Waals surface area (Å²) in [7, 11) is 0. The van der Waals surface area contributed by atoms with Gasteiger partial charge in [-0.25, -0.2) is 0 Å². The van der Waals surface area contributed by atoms with Crippen LogP contribution in [0.4, 0.5) is 0 Å². The third kappa shape index (κ3) is 2.94. The van der Waals surface area contributed by atoms with E-state index in [2.05, 4.69) is 30.2 Å². The topological polar surface area (TPSA) is 20.2 Å². The summed E-state index contributed by atoms with van der Waals surface area (Å²) < 4.78 is 0. The maximum absolute atomic E-state index is 10.9. The molecule has 96 valence electrons. The average Bonchev–Trinajstić information content (AvgIpc) is 2.40. The van der Waals surface area contributed by atoms with Crippen LogP contribution in [0.2, 0.25) is 0 Å². The van der Waals surface area contributed by atoms with Gasteiger partial charge in [-0.15, -0.1) is 12.3 Å². The van der Waals surface area contributed by atoms with Crippen LogP contribution in [0.5, 0.6) is 0 Å². The number of rotatable bonds is 4. The molecule has 0 amide bonds. The van der Waals surface area contributed by atoms with Gasteiger partial charge in [-0.2, -0.15) is 0 Å². The standard InChI is InChI=1S/C17H22O/c1-2-3-8-13-17(18)14-9-7-12-16(17)15-10-5-4-6-11-15/h1,4-6,10-11,16,18H,3,7-9,12-14H2. The first kappa shape index (κ1) is 13.2. The highest BCUT2D eigenvalue weighted by molar-refractivity contribution is 5.23.